The van der Waals surface area contributed by atoms with Gasteiger partial charge in [0, 0.05) is 11.9 Å². The third-order valence-corrected chi connectivity index (χ3v) is 6.43. The Kier molecular flexibility index (Phi) is 4.07. The highest BCUT2D eigenvalue weighted by molar-refractivity contribution is 5.88. The van der Waals surface area contributed by atoms with Crippen molar-refractivity contribution in [1.82, 2.24) is 25.1 Å². The summed E-state index contributed by atoms with van der Waals surface area (Å²) in [6.45, 7) is 0. The first-order valence-corrected chi connectivity index (χ1v) is 9.65. The summed E-state index contributed by atoms with van der Waals surface area (Å²) in [7, 11) is 0. The van der Waals surface area contributed by atoms with Crippen LogP contribution in [0, 0.1) is 29.5 Å². The molecule has 3 saturated carbocycles. The first kappa shape index (κ1) is 17.2. The number of rotatable bonds is 4. The molecule has 2 N–H and O–H groups in total. The van der Waals surface area contributed by atoms with Crippen LogP contribution in [0.15, 0.2) is 24.5 Å². The summed E-state index contributed by atoms with van der Waals surface area (Å²) in [6.07, 6.45) is 7.65. The lowest BCUT2D eigenvalue weighted by molar-refractivity contribution is -0.152. The number of pyridine rings is 1. The normalized spacial score (nSPS) is 26.6. The van der Waals surface area contributed by atoms with Gasteiger partial charge in [0.2, 0.25) is 0 Å². The van der Waals surface area contributed by atoms with Crippen molar-refractivity contribution in [3.05, 3.63) is 36.0 Å². The van der Waals surface area contributed by atoms with E-state index in [2.05, 4.69) is 25.1 Å². The van der Waals surface area contributed by atoms with E-state index in [0.29, 0.717) is 34.9 Å². The predicted octanol–water partition coefficient (Wildman–Crippen LogP) is 3.23. The van der Waals surface area contributed by atoms with Crippen LogP contribution in [0.2, 0.25) is 0 Å². The van der Waals surface area contributed by atoms with Gasteiger partial charge in [-0.25, -0.2) is 19.3 Å². The second-order valence-electron chi connectivity index (χ2n) is 7.90. The van der Waals surface area contributed by atoms with Gasteiger partial charge in [0.1, 0.15) is 11.5 Å². The van der Waals surface area contributed by atoms with Gasteiger partial charge in [0.05, 0.1) is 17.5 Å². The number of nitrogens with one attached hydrogen (secondary N) is 1. The molecule has 6 rings (SSSR count). The van der Waals surface area contributed by atoms with Crippen LogP contribution in [0.25, 0.3) is 22.6 Å². The monoisotopic (exact) mass is 381 g/mol. The quantitative estimate of drug-likeness (QED) is 0.719. The van der Waals surface area contributed by atoms with Crippen molar-refractivity contribution < 1.29 is 14.3 Å². The smallest absolute Gasteiger partial charge is 0.307 e. The fraction of sp³-hybridized carbons (Fsp3) is 0.450. The molecule has 28 heavy (non-hydrogen) atoms. The number of hydrogen-bond acceptors (Lipinski definition) is 5. The lowest BCUT2D eigenvalue weighted by Crippen LogP contribution is -2.45. The van der Waals surface area contributed by atoms with Gasteiger partial charge in [-0.2, -0.15) is 5.10 Å². The van der Waals surface area contributed by atoms with Crippen LogP contribution in [0.5, 0.6) is 0 Å². The Morgan fingerprint density at radius 3 is 2.79 bits per heavy atom. The van der Waals surface area contributed by atoms with Crippen molar-refractivity contribution in [1.29, 1.82) is 0 Å². The molecule has 3 heterocycles. The van der Waals surface area contributed by atoms with Crippen LogP contribution in [0.4, 0.5) is 4.39 Å². The fourth-order valence-corrected chi connectivity index (χ4v) is 5.17. The van der Waals surface area contributed by atoms with Crippen molar-refractivity contribution in [2.24, 2.45) is 23.7 Å². The summed E-state index contributed by atoms with van der Waals surface area (Å²) in [6, 6.07) is 3.19. The highest BCUT2D eigenvalue weighted by Crippen LogP contribution is 2.50. The molecule has 3 aromatic heterocycles. The Bertz CT molecular complexity index is 1040. The van der Waals surface area contributed by atoms with E-state index in [1.165, 1.54) is 6.07 Å². The van der Waals surface area contributed by atoms with E-state index in [1.54, 1.807) is 6.20 Å². The summed E-state index contributed by atoms with van der Waals surface area (Å²) in [5.41, 5.74) is 1.73. The summed E-state index contributed by atoms with van der Waals surface area (Å²) >= 11 is 0. The molecule has 0 aliphatic heterocycles. The molecule has 8 heteroatoms. The molecule has 2 atom stereocenters. The zero-order valence-corrected chi connectivity index (χ0v) is 15.2. The molecule has 3 aliphatic carbocycles. The van der Waals surface area contributed by atoms with Crippen LogP contribution in [-0.4, -0.2) is 36.2 Å². The van der Waals surface area contributed by atoms with E-state index in [-0.39, 0.29) is 17.8 Å². The van der Waals surface area contributed by atoms with Crippen molar-refractivity contribution in [3.8, 4) is 11.5 Å². The third-order valence-electron chi connectivity index (χ3n) is 6.43. The molecule has 2 bridgehead atoms. The van der Waals surface area contributed by atoms with E-state index in [0.717, 1.165) is 37.6 Å². The largest absolute Gasteiger partial charge is 0.481 e. The van der Waals surface area contributed by atoms with Gasteiger partial charge in [0.15, 0.2) is 11.5 Å². The molecule has 0 saturated heterocycles. The topological polar surface area (TPSA) is 105 Å². The van der Waals surface area contributed by atoms with Crippen molar-refractivity contribution in [2.45, 2.75) is 32.1 Å². The number of fused-ring (bicyclic) bond motifs is 4. The second kappa shape index (κ2) is 6.61. The fourth-order valence-electron chi connectivity index (χ4n) is 5.17. The first-order chi connectivity index (χ1) is 13.6. The molecule has 0 aromatic carbocycles. The van der Waals surface area contributed by atoms with Crippen LogP contribution < -0.4 is 0 Å². The third kappa shape index (κ3) is 2.83. The van der Waals surface area contributed by atoms with Crippen LogP contribution in [-0.2, 0) is 11.2 Å². The molecule has 0 radical (unpaired) electrons. The number of aromatic nitrogens is 5. The summed E-state index contributed by atoms with van der Waals surface area (Å²) in [4.78, 5) is 24.8. The molecule has 0 unspecified atom stereocenters. The minimum Gasteiger partial charge on any atom is -0.481 e. The second-order valence-corrected chi connectivity index (χ2v) is 7.90. The van der Waals surface area contributed by atoms with Crippen LogP contribution in [0.1, 0.15) is 31.4 Å². The maximum Gasteiger partial charge on any atom is 0.307 e. The average molecular weight is 381 g/mol. The number of aromatic amines is 1. The van der Waals surface area contributed by atoms with E-state index in [1.807, 2.05) is 6.07 Å². The van der Waals surface area contributed by atoms with E-state index in [4.69, 9.17) is 0 Å². The Labute approximate surface area is 160 Å². The zero-order chi connectivity index (χ0) is 19.3. The van der Waals surface area contributed by atoms with Gasteiger partial charge >= 0.3 is 5.97 Å². The van der Waals surface area contributed by atoms with Crippen LogP contribution in [0.3, 0.4) is 0 Å². The molecular weight excluding hydrogens is 361 g/mol. The van der Waals surface area contributed by atoms with Crippen molar-refractivity contribution >= 4 is 17.0 Å². The van der Waals surface area contributed by atoms with Gasteiger partial charge in [-0.05, 0) is 62.0 Å². The maximum absolute atomic E-state index is 13.6. The number of carbonyl (C=O) groups is 1. The molecule has 3 fully saturated rings. The first-order valence-electron chi connectivity index (χ1n) is 9.65. The summed E-state index contributed by atoms with van der Waals surface area (Å²) in [5.74, 6) is -0.193. The lowest BCUT2D eigenvalue weighted by Gasteiger charge is -2.46. The van der Waals surface area contributed by atoms with E-state index < -0.39 is 11.8 Å². The van der Waals surface area contributed by atoms with Gasteiger partial charge in [-0.15, -0.1) is 0 Å². The van der Waals surface area contributed by atoms with Gasteiger partial charge < -0.3 is 5.11 Å². The number of hydrogen-bond donors (Lipinski definition) is 2. The predicted molar refractivity (Wildman–Crippen MR) is 98.6 cm³/mol. The molecule has 0 amide bonds. The average Bonchev–Trinajstić information content (AvgIpc) is 3.12. The van der Waals surface area contributed by atoms with Crippen molar-refractivity contribution in [2.75, 3.05) is 0 Å². The van der Waals surface area contributed by atoms with Gasteiger partial charge in [-0.1, -0.05) is 0 Å². The van der Waals surface area contributed by atoms with Gasteiger partial charge in [0.25, 0.3) is 0 Å². The number of H-pyrrole nitrogens is 1. The minimum atomic E-state index is -0.685. The molecule has 3 aliphatic rings. The van der Waals surface area contributed by atoms with E-state index >= 15 is 0 Å². The molecular formula is C20H20FN5O2. The molecule has 0 spiro atoms. The minimum absolute atomic E-state index is 0.102. The lowest BCUT2D eigenvalue weighted by atomic mass is 9.57. The van der Waals surface area contributed by atoms with Gasteiger partial charge in [-0.3, -0.25) is 9.89 Å². The standard InChI is InChI=1S/C20H20FN5O2/c21-12-7-15-17(25-26-18(15)23-9-12)19-22-6-5-13(24-19)8-14-10-1-3-11(4-2-10)16(14)20(27)28/h5-7,9-11,14,16H,1-4,8H2,(H,27,28)(H,23,25,26)/t10?,11?,14-,16-/m1/s1. The van der Waals surface area contributed by atoms with E-state index in [9.17, 15) is 14.3 Å². The highest BCUT2D eigenvalue weighted by Gasteiger charge is 2.47. The zero-order valence-electron chi connectivity index (χ0n) is 15.2. The summed E-state index contributed by atoms with van der Waals surface area (Å²) in [5, 5.41) is 17.2. The molecule has 3 aromatic rings. The van der Waals surface area contributed by atoms with Crippen molar-refractivity contribution in [3.63, 3.8) is 0 Å². The number of carboxylic acid groups (broad SMARTS) is 1. The Hall–Kier alpha value is -2.90. The maximum atomic E-state index is 13.6. The number of aliphatic carboxylic acids is 1. The Morgan fingerprint density at radius 1 is 1.21 bits per heavy atom. The number of carboxylic acids is 1. The summed E-state index contributed by atoms with van der Waals surface area (Å²) < 4.78 is 13.6. The Morgan fingerprint density at radius 2 is 2.00 bits per heavy atom. The number of nitrogens with zero attached hydrogens (tertiary/aromatic N) is 4. The number of halogens is 1. The molecule has 7 nitrogen and oxygen atoms in total. The highest BCUT2D eigenvalue weighted by atomic mass is 19.1. The molecule has 144 valence electrons. The SMILES string of the molecule is O=C(O)[C@@H]1C2CCC(CC2)[C@H]1Cc1ccnc(-c2[nH]nc3ncc(F)cc23)n1. The Balaban J connectivity index is 1.47. The van der Waals surface area contributed by atoms with Crippen LogP contribution >= 0.6 is 0 Å².